The highest BCUT2D eigenvalue weighted by Crippen LogP contribution is 2.10. The molecule has 0 aromatic carbocycles. The lowest BCUT2D eigenvalue weighted by Gasteiger charge is -2.20. The van der Waals surface area contributed by atoms with Crippen molar-refractivity contribution in [2.45, 2.75) is 25.9 Å². The molecule has 7 nitrogen and oxygen atoms in total. The molecule has 2 aromatic rings. The van der Waals surface area contributed by atoms with Gasteiger partial charge in [-0.15, -0.1) is 0 Å². The fourth-order valence-corrected chi connectivity index (χ4v) is 2.72. The summed E-state index contributed by atoms with van der Waals surface area (Å²) in [6.07, 6.45) is 3.20. The molecular formula is C18H20N4O3. The number of carbonyl (C=O) groups is 2. The number of carbonyl (C=O) groups excluding carboxylic acids is 2. The summed E-state index contributed by atoms with van der Waals surface area (Å²) in [5, 5.41) is 5.84. The number of aromatic nitrogens is 2. The van der Waals surface area contributed by atoms with Gasteiger partial charge in [-0.3, -0.25) is 19.6 Å². The largest absolute Gasteiger partial charge is 0.377 e. The molecule has 3 heterocycles. The third kappa shape index (κ3) is 4.19. The zero-order valence-electron chi connectivity index (χ0n) is 14.2. The number of hydrogen-bond donors (Lipinski definition) is 2. The highest BCUT2D eigenvalue weighted by atomic mass is 16.5. The Hall–Kier alpha value is -2.80. The van der Waals surface area contributed by atoms with Gasteiger partial charge in [-0.05, 0) is 38.1 Å². The smallest absolute Gasteiger partial charge is 0.251 e. The van der Waals surface area contributed by atoms with Crippen molar-refractivity contribution in [3.8, 4) is 0 Å². The van der Waals surface area contributed by atoms with Gasteiger partial charge in [0.2, 0.25) is 0 Å². The summed E-state index contributed by atoms with van der Waals surface area (Å²) in [5.41, 5.74) is 2.62. The Bertz CT molecular complexity index is 728. The second kappa shape index (κ2) is 7.40. The molecule has 2 atom stereocenters. The van der Waals surface area contributed by atoms with Gasteiger partial charge < -0.3 is 15.4 Å². The van der Waals surface area contributed by atoms with Crippen LogP contribution in [0.5, 0.6) is 0 Å². The van der Waals surface area contributed by atoms with Crippen LogP contribution >= 0.6 is 0 Å². The Morgan fingerprint density at radius 3 is 1.76 bits per heavy atom. The van der Waals surface area contributed by atoms with Gasteiger partial charge >= 0.3 is 0 Å². The summed E-state index contributed by atoms with van der Waals surface area (Å²) in [4.78, 5) is 32.9. The number of amides is 2. The zero-order valence-corrected chi connectivity index (χ0v) is 14.2. The third-order valence-corrected chi connectivity index (χ3v) is 4.03. The Balaban J connectivity index is 1.64. The summed E-state index contributed by atoms with van der Waals surface area (Å²) < 4.78 is 5.44. The van der Waals surface area contributed by atoms with Gasteiger partial charge in [-0.2, -0.15) is 0 Å². The zero-order chi connectivity index (χ0) is 17.8. The van der Waals surface area contributed by atoms with Crippen molar-refractivity contribution >= 4 is 11.8 Å². The van der Waals surface area contributed by atoms with E-state index in [2.05, 4.69) is 20.6 Å². The topological polar surface area (TPSA) is 93.2 Å². The first kappa shape index (κ1) is 17.0. The number of ether oxygens (including phenoxy) is 1. The minimum Gasteiger partial charge on any atom is -0.377 e. The molecule has 1 aliphatic rings. The molecule has 2 amide bonds. The molecule has 130 valence electrons. The van der Waals surface area contributed by atoms with E-state index in [1.165, 1.54) is 0 Å². The maximum atomic E-state index is 12.4. The minimum atomic E-state index is -0.284. The molecule has 1 fully saturated rings. The Morgan fingerprint density at radius 1 is 0.920 bits per heavy atom. The van der Waals surface area contributed by atoms with Crippen LogP contribution in [0.4, 0.5) is 0 Å². The van der Waals surface area contributed by atoms with Crippen molar-refractivity contribution in [3.63, 3.8) is 0 Å². The van der Waals surface area contributed by atoms with Crippen LogP contribution in [-0.4, -0.2) is 47.1 Å². The molecule has 2 N–H and O–H groups in total. The third-order valence-electron chi connectivity index (χ3n) is 4.03. The molecule has 1 aliphatic heterocycles. The number of nitrogens with one attached hydrogen (secondary N) is 2. The van der Waals surface area contributed by atoms with Gasteiger partial charge in [-0.25, -0.2) is 0 Å². The fourth-order valence-electron chi connectivity index (χ4n) is 2.72. The molecular weight excluding hydrogens is 320 g/mol. The molecule has 3 rings (SSSR count). The molecule has 0 bridgehead atoms. The van der Waals surface area contributed by atoms with E-state index in [1.807, 2.05) is 13.8 Å². The first-order chi connectivity index (χ1) is 12.0. The maximum Gasteiger partial charge on any atom is 0.251 e. The van der Waals surface area contributed by atoms with Crippen molar-refractivity contribution in [2.24, 2.45) is 0 Å². The van der Waals surface area contributed by atoms with E-state index in [0.29, 0.717) is 24.3 Å². The number of rotatable bonds is 4. The summed E-state index contributed by atoms with van der Waals surface area (Å²) in [6, 6.07) is 6.19. The predicted molar refractivity (Wildman–Crippen MR) is 91.3 cm³/mol. The van der Waals surface area contributed by atoms with Gasteiger partial charge in [0, 0.05) is 34.9 Å². The Labute approximate surface area is 145 Å². The van der Waals surface area contributed by atoms with E-state index in [-0.39, 0.29) is 23.9 Å². The number of hydrogen-bond acceptors (Lipinski definition) is 5. The van der Waals surface area contributed by atoms with Crippen LogP contribution in [0.3, 0.4) is 0 Å². The lowest BCUT2D eigenvalue weighted by Crippen LogP contribution is -2.51. The molecule has 25 heavy (non-hydrogen) atoms. The van der Waals surface area contributed by atoms with Crippen LogP contribution in [0.1, 0.15) is 32.1 Å². The number of aryl methyl sites for hydroxylation is 2. The quantitative estimate of drug-likeness (QED) is 0.867. The van der Waals surface area contributed by atoms with E-state index in [9.17, 15) is 9.59 Å². The summed E-state index contributed by atoms with van der Waals surface area (Å²) >= 11 is 0. The molecule has 0 radical (unpaired) electrons. The van der Waals surface area contributed by atoms with Crippen LogP contribution in [0.25, 0.3) is 0 Å². The minimum absolute atomic E-state index is 0.208. The molecule has 1 saturated heterocycles. The van der Waals surface area contributed by atoms with Crippen LogP contribution < -0.4 is 10.6 Å². The molecule has 0 spiro atoms. The average molecular weight is 340 g/mol. The van der Waals surface area contributed by atoms with E-state index < -0.39 is 0 Å². The van der Waals surface area contributed by atoms with Crippen LogP contribution in [0, 0.1) is 13.8 Å². The van der Waals surface area contributed by atoms with Crippen molar-refractivity contribution in [2.75, 3.05) is 13.2 Å². The van der Waals surface area contributed by atoms with Crippen molar-refractivity contribution < 1.29 is 14.3 Å². The van der Waals surface area contributed by atoms with Crippen molar-refractivity contribution in [1.82, 2.24) is 20.6 Å². The van der Waals surface area contributed by atoms with Gasteiger partial charge in [0.25, 0.3) is 11.8 Å². The Kier molecular flexibility index (Phi) is 5.04. The maximum absolute atomic E-state index is 12.4. The average Bonchev–Trinajstić information content (AvgIpc) is 3.01. The highest BCUT2D eigenvalue weighted by molar-refractivity contribution is 5.95. The number of pyridine rings is 2. The van der Waals surface area contributed by atoms with Crippen molar-refractivity contribution in [3.05, 3.63) is 59.2 Å². The van der Waals surface area contributed by atoms with Crippen molar-refractivity contribution in [1.29, 1.82) is 0 Å². The van der Waals surface area contributed by atoms with E-state index in [0.717, 1.165) is 11.4 Å². The number of nitrogens with zero attached hydrogens (tertiary/aromatic N) is 2. The van der Waals surface area contributed by atoms with Crippen LogP contribution in [0.2, 0.25) is 0 Å². The predicted octanol–water partition coefficient (Wildman–Crippen LogP) is 1.02. The van der Waals surface area contributed by atoms with E-state index in [4.69, 9.17) is 4.74 Å². The molecule has 7 heteroatoms. The summed E-state index contributed by atoms with van der Waals surface area (Å²) in [7, 11) is 0. The standard InChI is InChI=1S/C18H20N4O3/c1-11-7-13(3-5-19-11)17(23)21-15-9-25-10-16(15)22-18(24)14-4-6-20-12(2)8-14/h3-8,15-16H,9-10H2,1-2H3,(H,21,23)(H,22,24)/t15-,16+. The molecule has 0 unspecified atom stereocenters. The van der Waals surface area contributed by atoms with E-state index in [1.54, 1.807) is 36.7 Å². The van der Waals surface area contributed by atoms with E-state index >= 15 is 0 Å². The monoisotopic (exact) mass is 340 g/mol. The van der Waals surface area contributed by atoms with Crippen LogP contribution in [0.15, 0.2) is 36.7 Å². The fraction of sp³-hybridized carbons (Fsp3) is 0.333. The lowest BCUT2D eigenvalue weighted by atomic mass is 10.1. The SMILES string of the molecule is Cc1cc(C(=O)N[C@H]2COC[C@H]2NC(=O)c2ccnc(C)c2)ccn1. The lowest BCUT2D eigenvalue weighted by molar-refractivity contribution is 0.0896. The first-order valence-electron chi connectivity index (χ1n) is 8.08. The van der Waals surface area contributed by atoms with Crippen LogP contribution in [-0.2, 0) is 4.74 Å². The second-order valence-corrected chi connectivity index (χ2v) is 6.07. The molecule has 0 saturated carbocycles. The van der Waals surface area contributed by atoms with Gasteiger partial charge in [0.15, 0.2) is 0 Å². The first-order valence-corrected chi connectivity index (χ1v) is 8.08. The second-order valence-electron chi connectivity index (χ2n) is 6.07. The highest BCUT2D eigenvalue weighted by Gasteiger charge is 2.31. The summed E-state index contributed by atoms with van der Waals surface area (Å²) in [6.45, 7) is 4.37. The van der Waals surface area contributed by atoms with Gasteiger partial charge in [0.1, 0.15) is 0 Å². The Morgan fingerprint density at radius 2 is 1.36 bits per heavy atom. The van der Waals surface area contributed by atoms with Gasteiger partial charge in [0.05, 0.1) is 25.3 Å². The molecule has 2 aromatic heterocycles. The normalized spacial score (nSPS) is 19.4. The summed E-state index contributed by atoms with van der Waals surface area (Å²) in [5.74, 6) is -0.417. The van der Waals surface area contributed by atoms with Gasteiger partial charge in [-0.1, -0.05) is 0 Å². The molecule has 0 aliphatic carbocycles.